The molecule has 1 aromatic heterocycles. The van der Waals surface area contributed by atoms with E-state index in [1.54, 1.807) is 25.1 Å². The molecular weight excluding hydrogens is 294 g/mol. The number of sulfonamides is 1. The monoisotopic (exact) mass is 315 g/mol. The minimum Gasteiger partial charge on any atom is -0.480 e. The van der Waals surface area contributed by atoms with Crippen molar-refractivity contribution in [3.05, 3.63) is 18.3 Å². The Hall–Kier alpha value is -1.67. The van der Waals surface area contributed by atoms with Gasteiger partial charge in [0.1, 0.15) is 16.8 Å². The quantitative estimate of drug-likeness (QED) is 0.744. The number of aliphatic carboxylic acids is 1. The molecular formula is C13H21N3O4S. The molecule has 0 radical (unpaired) electrons. The number of anilines is 1. The fourth-order valence-electron chi connectivity index (χ4n) is 1.69. The molecule has 1 aromatic rings. The predicted molar refractivity (Wildman–Crippen MR) is 79.8 cm³/mol. The molecule has 0 bridgehead atoms. The van der Waals surface area contributed by atoms with Crippen LogP contribution in [0.3, 0.4) is 0 Å². The highest BCUT2D eigenvalue weighted by atomic mass is 32.2. The van der Waals surface area contributed by atoms with Gasteiger partial charge in [-0.15, -0.1) is 0 Å². The van der Waals surface area contributed by atoms with Crippen LogP contribution in [0.2, 0.25) is 0 Å². The normalized spacial score (nSPS) is 12.9. The van der Waals surface area contributed by atoms with Crippen LogP contribution in [-0.4, -0.2) is 44.6 Å². The second kappa shape index (κ2) is 7.37. The third-order valence-electron chi connectivity index (χ3n) is 2.93. The molecule has 0 aliphatic heterocycles. The molecule has 0 amide bonds. The molecule has 21 heavy (non-hydrogen) atoms. The summed E-state index contributed by atoms with van der Waals surface area (Å²) in [6.07, 6.45) is 2.91. The molecule has 7 nitrogen and oxygen atoms in total. The fourth-order valence-corrected chi connectivity index (χ4v) is 2.86. The maximum Gasteiger partial charge on any atom is 0.321 e. The number of rotatable bonds is 8. The van der Waals surface area contributed by atoms with Gasteiger partial charge in [-0.1, -0.05) is 19.8 Å². The van der Waals surface area contributed by atoms with E-state index < -0.39 is 22.0 Å². The van der Waals surface area contributed by atoms with Crippen molar-refractivity contribution in [1.29, 1.82) is 0 Å². The Morgan fingerprint density at radius 1 is 1.43 bits per heavy atom. The first kappa shape index (κ1) is 17.4. The summed E-state index contributed by atoms with van der Waals surface area (Å²) in [5.74, 6) is -0.556. The molecule has 0 spiro atoms. The van der Waals surface area contributed by atoms with Crippen molar-refractivity contribution in [3.8, 4) is 0 Å². The van der Waals surface area contributed by atoms with E-state index in [1.807, 2.05) is 6.92 Å². The first-order chi connectivity index (χ1) is 9.77. The number of hydrogen-bond acceptors (Lipinski definition) is 5. The number of carboxylic acid groups (broad SMARTS) is 1. The van der Waals surface area contributed by atoms with Crippen LogP contribution >= 0.6 is 0 Å². The molecule has 0 aromatic carbocycles. The Morgan fingerprint density at radius 3 is 2.52 bits per heavy atom. The van der Waals surface area contributed by atoms with Crippen LogP contribution in [0.4, 0.5) is 5.82 Å². The van der Waals surface area contributed by atoms with Gasteiger partial charge in [0.2, 0.25) is 10.0 Å². The molecule has 0 aliphatic carbocycles. The minimum atomic E-state index is -3.89. The number of nitrogens with zero attached hydrogens (tertiary/aromatic N) is 2. The average molecular weight is 315 g/mol. The Balaban J connectivity index is 2.91. The van der Waals surface area contributed by atoms with E-state index in [4.69, 9.17) is 5.11 Å². The zero-order valence-electron chi connectivity index (χ0n) is 12.4. The highest BCUT2D eigenvalue weighted by Gasteiger charge is 2.25. The smallest absolute Gasteiger partial charge is 0.321 e. The van der Waals surface area contributed by atoms with E-state index in [-0.39, 0.29) is 11.3 Å². The number of pyridine rings is 1. The van der Waals surface area contributed by atoms with Gasteiger partial charge in [-0.2, -0.15) is 4.72 Å². The lowest BCUT2D eigenvalue weighted by Crippen LogP contribution is -2.40. The van der Waals surface area contributed by atoms with Crippen LogP contribution < -0.4 is 9.62 Å². The fraction of sp³-hybridized carbons (Fsp3) is 0.538. The summed E-state index contributed by atoms with van der Waals surface area (Å²) in [7, 11) is -0.306. The maximum atomic E-state index is 12.2. The molecule has 0 fully saturated rings. The molecule has 1 heterocycles. The molecule has 0 unspecified atom stereocenters. The second-order valence-electron chi connectivity index (χ2n) is 4.90. The molecule has 0 saturated heterocycles. The third-order valence-corrected chi connectivity index (χ3v) is 4.39. The Bertz CT molecular complexity index is 570. The van der Waals surface area contributed by atoms with Gasteiger partial charge in [-0.05, 0) is 18.6 Å². The topological polar surface area (TPSA) is 99.6 Å². The SMILES string of the molecule is CCCC[C@H](NS(=O)(=O)c1ccc(N(C)C)nc1)C(=O)O. The van der Waals surface area contributed by atoms with Gasteiger partial charge in [-0.3, -0.25) is 4.79 Å². The highest BCUT2D eigenvalue weighted by molar-refractivity contribution is 7.89. The van der Waals surface area contributed by atoms with E-state index in [9.17, 15) is 13.2 Å². The van der Waals surface area contributed by atoms with Crippen LogP contribution in [0.1, 0.15) is 26.2 Å². The highest BCUT2D eigenvalue weighted by Crippen LogP contribution is 2.14. The summed E-state index contributed by atoms with van der Waals surface area (Å²) in [5, 5.41) is 9.08. The molecule has 118 valence electrons. The molecule has 8 heteroatoms. The van der Waals surface area contributed by atoms with Gasteiger partial charge < -0.3 is 10.0 Å². The van der Waals surface area contributed by atoms with Crippen molar-refractivity contribution in [2.24, 2.45) is 0 Å². The van der Waals surface area contributed by atoms with Gasteiger partial charge in [0, 0.05) is 20.3 Å². The van der Waals surface area contributed by atoms with Crippen molar-refractivity contribution in [1.82, 2.24) is 9.71 Å². The van der Waals surface area contributed by atoms with Gasteiger partial charge >= 0.3 is 5.97 Å². The van der Waals surface area contributed by atoms with E-state index in [0.29, 0.717) is 12.2 Å². The van der Waals surface area contributed by atoms with Crippen molar-refractivity contribution < 1.29 is 18.3 Å². The van der Waals surface area contributed by atoms with E-state index >= 15 is 0 Å². The van der Waals surface area contributed by atoms with Crippen molar-refractivity contribution >= 4 is 21.8 Å². The van der Waals surface area contributed by atoms with Gasteiger partial charge in [-0.25, -0.2) is 13.4 Å². The van der Waals surface area contributed by atoms with Crippen molar-refractivity contribution in [3.63, 3.8) is 0 Å². The van der Waals surface area contributed by atoms with Crippen LogP contribution in [-0.2, 0) is 14.8 Å². The number of carboxylic acids is 1. The molecule has 0 aliphatic rings. The molecule has 0 saturated carbocycles. The lowest BCUT2D eigenvalue weighted by Gasteiger charge is -2.15. The Labute approximate surface area is 125 Å². The Kier molecular flexibility index (Phi) is 6.10. The van der Waals surface area contributed by atoms with Crippen LogP contribution in [0.25, 0.3) is 0 Å². The molecule has 2 N–H and O–H groups in total. The van der Waals surface area contributed by atoms with Crippen molar-refractivity contribution in [2.75, 3.05) is 19.0 Å². The van der Waals surface area contributed by atoms with E-state index in [0.717, 1.165) is 6.42 Å². The number of unbranched alkanes of at least 4 members (excludes halogenated alkanes) is 1. The van der Waals surface area contributed by atoms with Gasteiger partial charge in [0.25, 0.3) is 0 Å². The summed E-state index contributed by atoms with van der Waals surface area (Å²) in [6, 6.07) is 1.85. The summed E-state index contributed by atoms with van der Waals surface area (Å²) < 4.78 is 26.5. The number of aromatic nitrogens is 1. The lowest BCUT2D eigenvalue weighted by molar-refractivity contribution is -0.139. The molecule has 1 atom stereocenters. The van der Waals surface area contributed by atoms with Crippen LogP contribution in [0.5, 0.6) is 0 Å². The van der Waals surface area contributed by atoms with E-state index in [1.165, 1.54) is 12.3 Å². The van der Waals surface area contributed by atoms with Gasteiger partial charge in [0.15, 0.2) is 0 Å². The summed E-state index contributed by atoms with van der Waals surface area (Å²) >= 11 is 0. The Morgan fingerprint density at radius 2 is 2.10 bits per heavy atom. The van der Waals surface area contributed by atoms with Crippen molar-refractivity contribution in [2.45, 2.75) is 37.1 Å². The second-order valence-corrected chi connectivity index (χ2v) is 6.61. The van der Waals surface area contributed by atoms with Gasteiger partial charge in [0.05, 0.1) is 0 Å². The number of nitrogens with one attached hydrogen (secondary N) is 1. The summed E-state index contributed by atoms with van der Waals surface area (Å²) in [6.45, 7) is 1.91. The minimum absolute atomic E-state index is 0.0455. The first-order valence-corrected chi connectivity index (χ1v) is 8.14. The van der Waals surface area contributed by atoms with Crippen LogP contribution in [0.15, 0.2) is 23.2 Å². The molecule has 1 rings (SSSR count). The number of carbonyl (C=O) groups is 1. The number of hydrogen-bond donors (Lipinski definition) is 2. The zero-order valence-corrected chi connectivity index (χ0v) is 13.2. The van der Waals surface area contributed by atoms with Crippen LogP contribution in [0, 0.1) is 0 Å². The average Bonchev–Trinajstić information content (AvgIpc) is 2.43. The standard InChI is InChI=1S/C13H21N3O4S/c1-4-5-6-11(13(17)18)15-21(19,20)10-7-8-12(14-9-10)16(2)3/h7-9,11,15H,4-6H2,1-3H3,(H,17,18)/t11-/m0/s1. The maximum absolute atomic E-state index is 12.2. The summed E-state index contributed by atoms with van der Waals surface area (Å²) in [4.78, 5) is 16.8. The lowest BCUT2D eigenvalue weighted by atomic mass is 10.1. The zero-order chi connectivity index (χ0) is 16.0. The third kappa shape index (κ3) is 4.98. The predicted octanol–water partition coefficient (Wildman–Crippen LogP) is 1.07. The summed E-state index contributed by atoms with van der Waals surface area (Å²) in [5.41, 5.74) is 0. The largest absolute Gasteiger partial charge is 0.480 e. The van der Waals surface area contributed by atoms with E-state index in [2.05, 4.69) is 9.71 Å². The first-order valence-electron chi connectivity index (χ1n) is 6.66.